The molecule has 2 heterocycles. The van der Waals surface area contributed by atoms with E-state index in [4.69, 9.17) is 4.74 Å². The number of aromatic amines is 2. The van der Waals surface area contributed by atoms with Crippen molar-refractivity contribution >= 4 is 5.91 Å². The van der Waals surface area contributed by atoms with Gasteiger partial charge in [0.05, 0.1) is 13.2 Å². The topological polar surface area (TPSA) is 107 Å². The molecule has 8 nitrogen and oxygen atoms in total. The number of amides is 1. The van der Waals surface area contributed by atoms with E-state index in [2.05, 4.69) is 34.0 Å². The van der Waals surface area contributed by atoms with Gasteiger partial charge in [0.15, 0.2) is 0 Å². The monoisotopic (exact) mass is 366 g/mol. The van der Waals surface area contributed by atoms with Gasteiger partial charge in [-0.2, -0.15) is 0 Å². The summed E-state index contributed by atoms with van der Waals surface area (Å²) in [6.45, 7) is 9.87. The van der Waals surface area contributed by atoms with Crippen LogP contribution in [0.25, 0.3) is 0 Å². The third-order valence-corrected chi connectivity index (χ3v) is 4.70. The first-order valence-corrected chi connectivity index (χ1v) is 9.27. The first-order valence-electron chi connectivity index (χ1n) is 9.27. The van der Waals surface area contributed by atoms with Crippen molar-refractivity contribution in [1.29, 1.82) is 0 Å². The van der Waals surface area contributed by atoms with Gasteiger partial charge in [-0.3, -0.25) is 19.5 Å². The van der Waals surface area contributed by atoms with Gasteiger partial charge in [-0.1, -0.05) is 13.8 Å². The van der Waals surface area contributed by atoms with E-state index in [-0.39, 0.29) is 12.3 Å². The van der Waals surface area contributed by atoms with Gasteiger partial charge in [0.1, 0.15) is 0 Å². The van der Waals surface area contributed by atoms with Crippen LogP contribution in [0.3, 0.4) is 0 Å². The molecule has 1 aromatic rings. The fourth-order valence-electron chi connectivity index (χ4n) is 3.33. The van der Waals surface area contributed by atoms with Gasteiger partial charge in [-0.15, -0.1) is 0 Å². The number of ether oxygens (including phenoxy) is 1. The number of morpholine rings is 1. The SMILES string of the molecule is Cc1[nH]c(=O)[nH]c(=O)c1CCC(=O)NCC(CC(C)C)N1CCOCC1. The first kappa shape index (κ1) is 20.4. The third-order valence-electron chi connectivity index (χ3n) is 4.70. The summed E-state index contributed by atoms with van der Waals surface area (Å²) in [4.78, 5) is 42.4. The Morgan fingerprint density at radius 2 is 1.92 bits per heavy atom. The Morgan fingerprint density at radius 1 is 1.23 bits per heavy atom. The minimum atomic E-state index is -0.525. The molecule has 0 spiro atoms. The Labute approximate surface area is 153 Å². The number of hydrogen-bond acceptors (Lipinski definition) is 5. The van der Waals surface area contributed by atoms with Crippen LogP contribution in [0.15, 0.2) is 9.59 Å². The minimum Gasteiger partial charge on any atom is -0.379 e. The zero-order valence-corrected chi connectivity index (χ0v) is 15.9. The fraction of sp³-hybridized carbons (Fsp3) is 0.722. The quantitative estimate of drug-likeness (QED) is 0.608. The summed E-state index contributed by atoms with van der Waals surface area (Å²) >= 11 is 0. The first-order chi connectivity index (χ1) is 12.4. The summed E-state index contributed by atoms with van der Waals surface area (Å²) in [7, 11) is 0. The molecule has 0 radical (unpaired) electrons. The molecule has 1 aliphatic rings. The molecular formula is C18H30N4O4. The zero-order valence-electron chi connectivity index (χ0n) is 15.9. The van der Waals surface area contributed by atoms with Gasteiger partial charge in [0, 0.05) is 43.4 Å². The molecule has 146 valence electrons. The maximum Gasteiger partial charge on any atom is 0.325 e. The molecule has 0 saturated carbocycles. The van der Waals surface area contributed by atoms with Crippen LogP contribution in [-0.4, -0.2) is 59.7 Å². The van der Waals surface area contributed by atoms with Gasteiger partial charge in [-0.25, -0.2) is 4.79 Å². The van der Waals surface area contributed by atoms with Gasteiger partial charge in [0.25, 0.3) is 5.56 Å². The van der Waals surface area contributed by atoms with Gasteiger partial charge >= 0.3 is 5.69 Å². The zero-order chi connectivity index (χ0) is 19.1. The summed E-state index contributed by atoms with van der Waals surface area (Å²) in [5, 5.41) is 3.00. The molecule has 0 aliphatic carbocycles. The Balaban J connectivity index is 1.87. The van der Waals surface area contributed by atoms with E-state index in [0.717, 1.165) is 32.7 Å². The van der Waals surface area contributed by atoms with Crippen LogP contribution >= 0.6 is 0 Å². The third kappa shape index (κ3) is 6.10. The number of aromatic nitrogens is 2. The number of carbonyl (C=O) groups is 1. The van der Waals surface area contributed by atoms with Crippen LogP contribution in [-0.2, 0) is 16.0 Å². The molecule has 1 atom stereocenters. The lowest BCUT2D eigenvalue weighted by molar-refractivity contribution is -0.121. The van der Waals surface area contributed by atoms with E-state index < -0.39 is 11.2 Å². The second-order valence-electron chi connectivity index (χ2n) is 7.25. The normalized spacial score (nSPS) is 16.6. The van der Waals surface area contributed by atoms with Gasteiger partial charge in [-0.05, 0) is 25.7 Å². The summed E-state index contributed by atoms with van der Waals surface area (Å²) in [6.07, 6.45) is 1.53. The lowest BCUT2D eigenvalue weighted by Gasteiger charge is -2.35. The van der Waals surface area contributed by atoms with E-state index in [1.54, 1.807) is 6.92 Å². The maximum absolute atomic E-state index is 12.2. The van der Waals surface area contributed by atoms with E-state index in [1.165, 1.54) is 0 Å². The highest BCUT2D eigenvalue weighted by Gasteiger charge is 2.22. The smallest absolute Gasteiger partial charge is 0.325 e. The van der Waals surface area contributed by atoms with E-state index >= 15 is 0 Å². The van der Waals surface area contributed by atoms with Gasteiger partial charge < -0.3 is 15.0 Å². The number of nitrogens with zero attached hydrogens (tertiary/aromatic N) is 1. The van der Waals surface area contributed by atoms with Crippen LogP contribution in [0.4, 0.5) is 0 Å². The Hall–Kier alpha value is -1.93. The van der Waals surface area contributed by atoms with Crippen LogP contribution in [0, 0.1) is 12.8 Å². The average molecular weight is 366 g/mol. The van der Waals surface area contributed by atoms with Crippen molar-refractivity contribution in [1.82, 2.24) is 20.2 Å². The number of hydrogen-bond donors (Lipinski definition) is 3. The fourth-order valence-corrected chi connectivity index (χ4v) is 3.33. The number of H-pyrrole nitrogens is 2. The van der Waals surface area contributed by atoms with Crippen LogP contribution in [0.5, 0.6) is 0 Å². The molecule has 2 rings (SSSR count). The largest absolute Gasteiger partial charge is 0.379 e. The second-order valence-corrected chi connectivity index (χ2v) is 7.25. The van der Waals surface area contributed by atoms with Crippen LogP contribution in [0.2, 0.25) is 0 Å². The van der Waals surface area contributed by atoms with Crippen molar-refractivity contribution in [2.24, 2.45) is 5.92 Å². The van der Waals surface area contributed by atoms with Crippen molar-refractivity contribution in [2.45, 2.75) is 46.1 Å². The van der Waals surface area contributed by atoms with E-state index in [0.29, 0.717) is 36.2 Å². The highest BCUT2D eigenvalue weighted by molar-refractivity contribution is 5.76. The summed E-state index contributed by atoms with van der Waals surface area (Å²) < 4.78 is 5.41. The van der Waals surface area contributed by atoms with Crippen molar-refractivity contribution < 1.29 is 9.53 Å². The van der Waals surface area contributed by atoms with Crippen molar-refractivity contribution in [3.05, 3.63) is 32.1 Å². The maximum atomic E-state index is 12.2. The lowest BCUT2D eigenvalue weighted by atomic mass is 10.0. The molecule has 3 N–H and O–H groups in total. The number of aryl methyl sites for hydroxylation is 1. The average Bonchev–Trinajstić information content (AvgIpc) is 2.58. The molecule has 1 fully saturated rings. The Bertz CT molecular complexity index is 704. The molecular weight excluding hydrogens is 336 g/mol. The molecule has 0 bridgehead atoms. The lowest BCUT2D eigenvalue weighted by Crippen LogP contribution is -2.49. The van der Waals surface area contributed by atoms with Crippen molar-refractivity contribution in [3.8, 4) is 0 Å². The van der Waals surface area contributed by atoms with Crippen LogP contribution < -0.4 is 16.6 Å². The highest BCUT2D eigenvalue weighted by Crippen LogP contribution is 2.13. The predicted molar refractivity (Wildman–Crippen MR) is 99.4 cm³/mol. The standard InChI is InChI=1S/C18H30N4O4/c1-12(2)10-14(22-6-8-26-9-7-22)11-19-16(23)5-4-15-13(3)20-18(25)21-17(15)24/h12,14H,4-11H2,1-3H3,(H,19,23)(H2,20,21,24,25). The predicted octanol–water partition coefficient (Wildman–Crippen LogP) is 0.167. The molecule has 1 unspecified atom stereocenters. The van der Waals surface area contributed by atoms with Crippen LogP contribution in [0.1, 0.15) is 37.9 Å². The molecule has 1 aliphatic heterocycles. The molecule has 1 aromatic heterocycles. The minimum absolute atomic E-state index is 0.0861. The molecule has 1 amide bonds. The molecule has 8 heteroatoms. The van der Waals surface area contributed by atoms with Crippen molar-refractivity contribution in [2.75, 3.05) is 32.8 Å². The van der Waals surface area contributed by atoms with Gasteiger partial charge in [0.2, 0.25) is 5.91 Å². The summed E-state index contributed by atoms with van der Waals surface area (Å²) in [5.74, 6) is 0.458. The number of rotatable bonds is 8. The molecule has 0 aromatic carbocycles. The Kier molecular flexibility index (Phi) is 7.59. The molecule has 1 saturated heterocycles. The Morgan fingerprint density at radius 3 is 2.54 bits per heavy atom. The van der Waals surface area contributed by atoms with Crippen molar-refractivity contribution in [3.63, 3.8) is 0 Å². The highest BCUT2D eigenvalue weighted by atomic mass is 16.5. The number of nitrogens with one attached hydrogen (secondary N) is 3. The number of carbonyl (C=O) groups excluding carboxylic acids is 1. The second kappa shape index (κ2) is 9.68. The van der Waals surface area contributed by atoms with E-state index in [9.17, 15) is 14.4 Å². The molecule has 26 heavy (non-hydrogen) atoms. The summed E-state index contributed by atoms with van der Waals surface area (Å²) in [5.41, 5.74) is 0.0111. The van der Waals surface area contributed by atoms with E-state index in [1.807, 2.05) is 0 Å². The summed E-state index contributed by atoms with van der Waals surface area (Å²) in [6, 6.07) is 0.293.